The van der Waals surface area contributed by atoms with Gasteiger partial charge in [0.1, 0.15) is 12.1 Å². The van der Waals surface area contributed by atoms with Gasteiger partial charge >= 0.3 is 0 Å². The zero-order chi connectivity index (χ0) is 13.3. The Labute approximate surface area is 108 Å². The van der Waals surface area contributed by atoms with Crippen LogP contribution in [0.25, 0.3) is 0 Å². The van der Waals surface area contributed by atoms with Crippen LogP contribution in [0, 0.1) is 18.3 Å². The molecule has 2 fully saturated rings. The molecule has 0 radical (unpaired) electrons. The van der Waals surface area contributed by atoms with E-state index >= 15 is 0 Å². The average Bonchev–Trinajstić information content (AvgIpc) is 3.15. The molecule has 1 saturated heterocycles. The second-order valence-electron chi connectivity index (χ2n) is 5.43. The first-order valence-corrected chi connectivity index (χ1v) is 6.61. The number of carbonyl (C=O) groups is 2. The summed E-state index contributed by atoms with van der Waals surface area (Å²) in [7, 11) is 0. The molecule has 0 bridgehead atoms. The Balaban J connectivity index is 2.22. The second-order valence-corrected chi connectivity index (χ2v) is 5.43. The number of piperazine rings is 1. The molecule has 2 amide bonds. The van der Waals surface area contributed by atoms with Gasteiger partial charge in [-0.3, -0.25) is 9.59 Å². The van der Waals surface area contributed by atoms with Crippen LogP contribution in [0.15, 0.2) is 0 Å². The van der Waals surface area contributed by atoms with E-state index in [4.69, 9.17) is 6.42 Å². The van der Waals surface area contributed by atoms with Gasteiger partial charge in [-0.2, -0.15) is 0 Å². The summed E-state index contributed by atoms with van der Waals surface area (Å²) in [5.74, 6) is 2.81. The van der Waals surface area contributed by atoms with E-state index < -0.39 is 5.54 Å². The summed E-state index contributed by atoms with van der Waals surface area (Å²) in [5, 5.41) is 2.86. The first-order chi connectivity index (χ1) is 8.52. The molecule has 98 valence electrons. The number of nitrogens with one attached hydrogen (secondary N) is 1. The molecule has 1 heterocycles. The predicted molar refractivity (Wildman–Crippen MR) is 68.5 cm³/mol. The molecule has 0 aromatic heterocycles. The highest BCUT2D eigenvalue weighted by Gasteiger charge is 2.53. The van der Waals surface area contributed by atoms with Gasteiger partial charge in [0.2, 0.25) is 11.8 Å². The van der Waals surface area contributed by atoms with Crippen LogP contribution in [-0.2, 0) is 9.59 Å². The minimum Gasteiger partial charge on any atom is -0.340 e. The highest BCUT2D eigenvalue weighted by Crippen LogP contribution is 2.41. The number of carbonyl (C=O) groups excluding carboxylic acids is 2. The van der Waals surface area contributed by atoms with E-state index in [1.165, 1.54) is 0 Å². The van der Waals surface area contributed by atoms with Crippen molar-refractivity contribution < 1.29 is 9.59 Å². The molecule has 18 heavy (non-hydrogen) atoms. The van der Waals surface area contributed by atoms with Crippen molar-refractivity contribution in [1.29, 1.82) is 0 Å². The van der Waals surface area contributed by atoms with Crippen molar-refractivity contribution in [3.8, 4) is 12.3 Å². The summed E-state index contributed by atoms with van der Waals surface area (Å²) in [4.78, 5) is 26.0. The van der Waals surface area contributed by atoms with Gasteiger partial charge in [0.25, 0.3) is 0 Å². The molecule has 2 unspecified atom stereocenters. The number of nitrogens with zero attached hydrogens (tertiary/aromatic N) is 1. The molecule has 1 aliphatic carbocycles. The molecule has 1 saturated carbocycles. The van der Waals surface area contributed by atoms with Gasteiger partial charge in [-0.05, 0) is 32.1 Å². The van der Waals surface area contributed by atoms with E-state index in [2.05, 4.69) is 11.2 Å². The molecule has 4 nitrogen and oxygen atoms in total. The molecule has 1 N–H and O–H groups in total. The van der Waals surface area contributed by atoms with Gasteiger partial charge in [0.15, 0.2) is 0 Å². The third-order valence-electron chi connectivity index (χ3n) is 3.94. The zero-order valence-corrected chi connectivity index (χ0v) is 11.0. The summed E-state index contributed by atoms with van der Waals surface area (Å²) in [5.41, 5.74) is -0.738. The van der Waals surface area contributed by atoms with Gasteiger partial charge in [-0.1, -0.05) is 19.3 Å². The lowest BCUT2D eigenvalue weighted by molar-refractivity contribution is -0.151. The fourth-order valence-corrected chi connectivity index (χ4v) is 2.70. The smallest absolute Gasteiger partial charge is 0.249 e. The highest BCUT2D eigenvalue weighted by molar-refractivity contribution is 5.98. The summed E-state index contributed by atoms with van der Waals surface area (Å²) in [6, 6.07) is -0.258. The van der Waals surface area contributed by atoms with E-state index in [1.54, 1.807) is 4.90 Å². The normalized spacial score (nSPS) is 29.7. The molecular weight excluding hydrogens is 228 g/mol. The predicted octanol–water partition coefficient (Wildman–Crippen LogP) is 0.915. The van der Waals surface area contributed by atoms with Crippen molar-refractivity contribution in [1.82, 2.24) is 10.2 Å². The van der Waals surface area contributed by atoms with E-state index in [0.29, 0.717) is 0 Å². The van der Waals surface area contributed by atoms with E-state index in [0.717, 1.165) is 25.7 Å². The first-order valence-electron chi connectivity index (χ1n) is 6.61. The lowest BCUT2D eigenvalue weighted by Crippen LogP contribution is -2.68. The number of rotatable bonds is 4. The van der Waals surface area contributed by atoms with Crippen LogP contribution in [0.5, 0.6) is 0 Å². The van der Waals surface area contributed by atoms with Gasteiger partial charge in [-0.15, -0.1) is 6.42 Å². The Morgan fingerprint density at radius 2 is 2.22 bits per heavy atom. The Kier molecular flexibility index (Phi) is 3.34. The number of amides is 2. The largest absolute Gasteiger partial charge is 0.340 e. The summed E-state index contributed by atoms with van der Waals surface area (Å²) >= 11 is 0. The maximum absolute atomic E-state index is 12.6. The molecule has 4 heteroatoms. The minimum atomic E-state index is -0.738. The van der Waals surface area contributed by atoms with Crippen LogP contribution in [0.3, 0.4) is 0 Å². The van der Waals surface area contributed by atoms with Crippen molar-refractivity contribution in [2.45, 2.75) is 51.1 Å². The Bertz CT molecular complexity index is 409. The molecule has 0 aromatic rings. The molecule has 1 aliphatic heterocycles. The van der Waals surface area contributed by atoms with Crippen molar-refractivity contribution in [2.24, 2.45) is 5.92 Å². The third kappa shape index (κ3) is 2.10. The van der Waals surface area contributed by atoms with Crippen LogP contribution < -0.4 is 5.32 Å². The average molecular weight is 248 g/mol. The van der Waals surface area contributed by atoms with Crippen molar-refractivity contribution in [3.63, 3.8) is 0 Å². The van der Waals surface area contributed by atoms with Crippen LogP contribution in [0.1, 0.15) is 39.5 Å². The van der Waals surface area contributed by atoms with Gasteiger partial charge in [0.05, 0.1) is 6.04 Å². The van der Waals surface area contributed by atoms with Crippen molar-refractivity contribution >= 4 is 11.8 Å². The maximum atomic E-state index is 12.6. The standard InChI is InChI=1S/C14H20N2O2/c1-4-6-11(5-2)16-9-12(17)15-14(3,13(16)18)10-7-8-10/h2,10-11H,4,6-9H2,1,3H3,(H,15,17). The molecule has 0 aromatic carbocycles. The first kappa shape index (κ1) is 12.9. The lowest BCUT2D eigenvalue weighted by atomic mass is 9.90. The molecule has 2 rings (SSSR count). The van der Waals surface area contributed by atoms with Gasteiger partial charge < -0.3 is 10.2 Å². The monoisotopic (exact) mass is 248 g/mol. The third-order valence-corrected chi connectivity index (χ3v) is 3.94. The lowest BCUT2D eigenvalue weighted by Gasteiger charge is -2.42. The summed E-state index contributed by atoms with van der Waals surface area (Å²) in [6.07, 6.45) is 9.16. The summed E-state index contributed by atoms with van der Waals surface area (Å²) < 4.78 is 0. The maximum Gasteiger partial charge on any atom is 0.249 e. The zero-order valence-electron chi connectivity index (χ0n) is 11.0. The SMILES string of the molecule is C#CC(CCC)N1CC(=O)NC(C)(C2CC2)C1=O. The highest BCUT2D eigenvalue weighted by atomic mass is 16.2. The van der Waals surface area contributed by atoms with E-state index in [-0.39, 0.29) is 30.3 Å². The van der Waals surface area contributed by atoms with Gasteiger partial charge in [-0.25, -0.2) is 0 Å². The molecule has 2 aliphatic rings. The van der Waals surface area contributed by atoms with Crippen LogP contribution in [0.2, 0.25) is 0 Å². The minimum absolute atomic E-state index is 0.0130. The number of hydrogen-bond donors (Lipinski definition) is 1. The molecule has 2 atom stereocenters. The van der Waals surface area contributed by atoms with Crippen molar-refractivity contribution in [3.05, 3.63) is 0 Å². The van der Waals surface area contributed by atoms with Crippen molar-refractivity contribution in [2.75, 3.05) is 6.54 Å². The fraction of sp³-hybridized carbons (Fsp3) is 0.714. The van der Waals surface area contributed by atoms with Crippen LogP contribution in [0.4, 0.5) is 0 Å². The quantitative estimate of drug-likeness (QED) is 0.752. The second kappa shape index (κ2) is 4.64. The van der Waals surface area contributed by atoms with Crippen LogP contribution >= 0.6 is 0 Å². The van der Waals surface area contributed by atoms with Crippen LogP contribution in [-0.4, -0.2) is 34.8 Å². The summed E-state index contributed by atoms with van der Waals surface area (Å²) in [6.45, 7) is 3.95. The number of hydrogen-bond acceptors (Lipinski definition) is 2. The van der Waals surface area contributed by atoms with E-state index in [9.17, 15) is 9.59 Å². The molecule has 0 spiro atoms. The Morgan fingerprint density at radius 1 is 1.56 bits per heavy atom. The topological polar surface area (TPSA) is 49.4 Å². The Morgan fingerprint density at radius 3 is 2.72 bits per heavy atom. The number of terminal acetylenes is 1. The van der Waals surface area contributed by atoms with E-state index in [1.807, 2.05) is 13.8 Å². The van der Waals surface area contributed by atoms with Gasteiger partial charge in [0, 0.05) is 0 Å². The fourth-order valence-electron chi connectivity index (χ4n) is 2.70. The Hall–Kier alpha value is -1.50. The molecular formula is C14H20N2O2.